The minimum absolute atomic E-state index is 0.0567. The van der Waals surface area contributed by atoms with E-state index in [9.17, 15) is 32.8 Å². The summed E-state index contributed by atoms with van der Waals surface area (Å²) >= 11 is 0. The van der Waals surface area contributed by atoms with Crippen LogP contribution in [0.15, 0.2) is 54.6 Å². The predicted octanol–water partition coefficient (Wildman–Crippen LogP) is 2.91. The lowest BCUT2D eigenvalue weighted by atomic mass is 9.91. The number of aromatic amines is 1. The van der Waals surface area contributed by atoms with E-state index in [4.69, 9.17) is 0 Å². The van der Waals surface area contributed by atoms with E-state index in [1.165, 1.54) is 23.1 Å². The van der Waals surface area contributed by atoms with Crippen LogP contribution in [0.2, 0.25) is 0 Å². The number of hydrogen-bond acceptors (Lipinski definition) is 6. The van der Waals surface area contributed by atoms with Crippen molar-refractivity contribution in [2.45, 2.75) is 57.3 Å². The van der Waals surface area contributed by atoms with E-state index < -0.39 is 48.1 Å². The summed E-state index contributed by atoms with van der Waals surface area (Å²) < 4.78 is 30.6. The summed E-state index contributed by atoms with van der Waals surface area (Å²) in [5.41, 5.74) is 1.31. The Morgan fingerprint density at radius 1 is 1.02 bits per heavy atom. The molecule has 242 valence electrons. The van der Waals surface area contributed by atoms with Gasteiger partial charge in [-0.1, -0.05) is 42.8 Å². The molecule has 0 radical (unpaired) electrons. The summed E-state index contributed by atoms with van der Waals surface area (Å²) in [6.07, 6.45) is 2.81. The fourth-order valence-corrected chi connectivity index (χ4v) is 7.11. The first kappa shape index (κ1) is 31.2. The molecule has 2 aromatic carbocycles. The maximum Gasteiger partial charge on any atom is 0.387 e. The number of nitrogens with one attached hydrogen (secondary N) is 4. The maximum atomic E-state index is 14.1. The number of ketones is 1. The van der Waals surface area contributed by atoms with Crippen LogP contribution in [0.5, 0.6) is 5.75 Å². The zero-order valence-corrected chi connectivity index (χ0v) is 25.0. The Balaban J connectivity index is 1.23. The van der Waals surface area contributed by atoms with E-state index >= 15 is 0 Å². The van der Waals surface area contributed by atoms with Crippen LogP contribution in [0.4, 0.5) is 8.78 Å². The van der Waals surface area contributed by atoms with Crippen molar-refractivity contribution in [2.75, 3.05) is 13.1 Å². The van der Waals surface area contributed by atoms with Crippen molar-refractivity contribution < 1.29 is 37.5 Å². The van der Waals surface area contributed by atoms with Gasteiger partial charge in [0.25, 0.3) is 11.8 Å². The van der Waals surface area contributed by atoms with Gasteiger partial charge in [-0.15, -0.1) is 0 Å². The molecule has 0 spiro atoms. The molecule has 11 nitrogen and oxygen atoms in total. The molecule has 3 aromatic rings. The average molecular weight is 636 g/mol. The summed E-state index contributed by atoms with van der Waals surface area (Å²) in [5.74, 6) is -3.82. The molecule has 3 aliphatic rings. The first-order chi connectivity index (χ1) is 22.2. The van der Waals surface area contributed by atoms with Gasteiger partial charge < -0.3 is 30.6 Å². The third kappa shape index (κ3) is 6.44. The molecule has 6 rings (SSSR count). The topological polar surface area (TPSA) is 150 Å². The number of fused-ring (bicyclic) bond motifs is 2. The lowest BCUT2D eigenvalue weighted by Gasteiger charge is -2.29. The molecule has 46 heavy (non-hydrogen) atoms. The standard InChI is InChI=1S/C33H35F2N5O6/c34-33(35)46-26-11-5-10-23-22(26)15-25(38-23)32(45)40-17-20-8-4-9-21(20)27(40)30(43)39-24(14-19-12-13-36-29(19)42)28(41)31(44)37-16-18-6-2-1-3-7-18/h1-3,5-7,10-11,15,19-21,24,27,33,38H,4,8-9,12-14,16-17H2,(H,36,42)(H,37,44)(H,39,43)/t19-,20?,21?,24?,27-/m0/s1. The van der Waals surface area contributed by atoms with Crippen molar-refractivity contribution >= 4 is 40.3 Å². The molecule has 4 N–H and O–H groups in total. The second-order valence-electron chi connectivity index (χ2n) is 12.1. The van der Waals surface area contributed by atoms with Gasteiger partial charge in [-0.3, -0.25) is 24.0 Å². The number of ether oxygens (including phenoxy) is 1. The minimum atomic E-state index is -3.04. The number of carbonyl (C=O) groups excluding carboxylic acids is 5. The zero-order chi connectivity index (χ0) is 32.4. The first-order valence-electron chi connectivity index (χ1n) is 15.5. The van der Waals surface area contributed by atoms with Gasteiger partial charge in [0.1, 0.15) is 17.5 Å². The van der Waals surface area contributed by atoms with Gasteiger partial charge in [0.2, 0.25) is 17.6 Å². The molecule has 2 saturated heterocycles. The molecule has 1 aliphatic carbocycles. The molecule has 13 heteroatoms. The zero-order valence-electron chi connectivity index (χ0n) is 25.0. The Kier molecular flexibility index (Phi) is 9.00. The lowest BCUT2D eigenvalue weighted by molar-refractivity contribution is -0.141. The Morgan fingerprint density at radius 2 is 1.83 bits per heavy atom. The third-order valence-corrected chi connectivity index (χ3v) is 9.33. The molecule has 5 atom stereocenters. The van der Waals surface area contributed by atoms with Crippen LogP contribution in [0.3, 0.4) is 0 Å². The molecule has 3 unspecified atom stereocenters. The van der Waals surface area contributed by atoms with Gasteiger partial charge in [-0.25, -0.2) is 0 Å². The molecule has 0 bridgehead atoms. The number of nitrogens with zero attached hydrogens (tertiary/aromatic N) is 1. The molecule has 1 saturated carbocycles. The number of amides is 4. The number of aromatic nitrogens is 1. The average Bonchev–Trinajstić information content (AvgIpc) is 3.84. The summed E-state index contributed by atoms with van der Waals surface area (Å²) in [5, 5.41) is 8.38. The minimum Gasteiger partial charge on any atom is -0.434 e. The van der Waals surface area contributed by atoms with E-state index in [-0.39, 0.29) is 42.2 Å². The van der Waals surface area contributed by atoms with E-state index in [0.717, 1.165) is 18.4 Å². The van der Waals surface area contributed by atoms with Crippen molar-refractivity contribution in [1.29, 1.82) is 0 Å². The molecule has 4 amide bonds. The van der Waals surface area contributed by atoms with E-state index in [1.54, 1.807) is 18.2 Å². The Bertz CT molecular complexity index is 1650. The van der Waals surface area contributed by atoms with Crippen molar-refractivity contribution in [1.82, 2.24) is 25.8 Å². The van der Waals surface area contributed by atoms with Crippen LogP contribution in [-0.2, 0) is 25.7 Å². The molecule has 1 aromatic heterocycles. The summed E-state index contributed by atoms with van der Waals surface area (Å²) in [7, 11) is 0. The smallest absolute Gasteiger partial charge is 0.387 e. The number of rotatable bonds is 11. The number of Topliss-reactive ketones (excluding diaryl/α,β-unsaturated/α-hetero) is 1. The van der Waals surface area contributed by atoms with E-state index in [2.05, 4.69) is 25.7 Å². The van der Waals surface area contributed by atoms with Gasteiger partial charge in [0.15, 0.2) is 0 Å². The van der Waals surface area contributed by atoms with Crippen molar-refractivity contribution in [3.63, 3.8) is 0 Å². The fraction of sp³-hybridized carbons (Fsp3) is 0.424. The summed E-state index contributed by atoms with van der Waals surface area (Å²) in [6, 6.07) is 12.8. The van der Waals surface area contributed by atoms with Crippen molar-refractivity contribution in [2.24, 2.45) is 17.8 Å². The van der Waals surface area contributed by atoms with E-state index in [1.807, 2.05) is 18.2 Å². The normalized spacial score (nSPS) is 22.8. The SMILES string of the molecule is O=C(NCc1ccccc1)C(=O)C(C[C@@H]1CCNC1=O)NC(=O)[C@@H]1C2CCCC2CN1C(=O)c1cc2c(OC(F)F)cccc2[nH]1. The second kappa shape index (κ2) is 13.3. The quantitative estimate of drug-likeness (QED) is 0.238. The highest BCUT2D eigenvalue weighted by Crippen LogP contribution is 2.43. The monoisotopic (exact) mass is 635 g/mol. The molecule has 3 fully saturated rings. The summed E-state index contributed by atoms with van der Waals surface area (Å²) in [4.78, 5) is 71.3. The highest BCUT2D eigenvalue weighted by Gasteiger charge is 2.50. The highest BCUT2D eigenvalue weighted by atomic mass is 19.3. The number of halogens is 2. The third-order valence-electron chi connectivity index (χ3n) is 9.33. The molecule has 3 heterocycles. The number of benzene rings is 2. The first-order valence-corrected chi connectivity index (χ1v) is 15.5. The van der Waals surface area contributed by atoms with Crippen LogP contribution < -0.4 is 20.7 Å². The number of alkyl halides is 2. The largest absolute Gasteiger partial charge is 0.434 e. The Labute approximate surface area is 263 Å². The highest BCUT2D eigenvalue weighted by molar-refractivity contribution is 6.38. The number of hydrogen-bond donors (Lipinski definition) is 4. The number of H-pyrrole nitrogens is 1. The van der Waals surface area contributed by atoms with Crippen LogP contribution >= 0.6 is 0 Å². The van der Waals surface area contributed by atoms with Crippen LogP contribution in [0.1, 0.15) is 48.2 Å². The van der Waals surface area contributed by atoms with E-state index in [0.29, 0.717) is 36.8 Å². The van der Waals surface area contributed by atoms with Gasteiger partial charge in [0.05, 0.1) is 6.04 Å². The van der Waals surface area contributed by atoms with Crippen molar-refractivity contribution in [3.05, 3.63) is 65.9 Å². The predicted molar refractivity (Wildman–Crippen MR) is 162 cm³/mol. The van der Waals surface area contributed by atoms with Gasteiger partial charge in [-0.2, -0.15) is 8.78 Å². The maximum absolute atomic E-state index is 14.1. The van der Waals surface area contributed by atoms with Gasteiger partial charge in [-0.05, 0) is 61.3 Å². The Morgan fingerprint density at radius 3 is 2.57 bits per heavy atom. The number of likely N-dealkylation sites (tertiary alicyclic amines) is 1. The second-order valence-corrected chi connectivity index (χ2v) is 12.1. The molecule has 2 aliphatic heterocycles. The fourth-order valence-electron chi connectivity index (χ4n) is 7.11. The van der Waals surface area contributed by atoms with Crippen LogP contribution in [0.25, 0.3) is 10.9 Å². The Hall–Kier alpha value is -4.81. The lowest BCUT2D eigenvalue weighted by Crippen LogP contribution is -2.55. The van der Waals surface area contributed by atoms with Gasteiger partial charge in [0, 0.05) is 36.5 Å². The molecular formula is C33H35F2N5O6. The summed E-state index contributed by atoms with van der Waals surface area (Å²) in [6.45, 7) is -2.20. The molecular weight excluding hydrogens is 600 g/mol. The number of carbonyl (C=O) groups is 5. The van der Waals surface area contributed by atoms with Crippen LogP contribution in [-0.4, -0.2) is 71.1 Å². The van der Waals surface area contributed by atoms with Crippen LogP contribution in [0, 0.1) is 17.8 Å². The van der Waals surface area contributed by atoms with Gasteiger partial charge >= 0.3 is 6.61 Å². The van der Waals surface area contributed by atoms with Crippen molar-refractivity contribution in [3.8, 4) is 5.75 Å².